The number of aryl methyl sites for hydroxylation is 1. The highest BCUT2D eigenvalue weighted by molar-refractivity contribution is 5.93. The summed E-state index contributed by atoms with van der Waals surface area (Å²) in [6, 6.07) is 9.59. The quantitative estimate of drug-likeness (QED) is 0.405. The Morgan fingerprint density at radius 3 is 2.68 bits per heavy atom. The molecular formula is C20H19NO4. The highest BCUT2D eigenvalue weighted by Gasteiger charge is 2.06. The van der Waals surface area contributed by atoms with E-state index in [1.807, 2.05) is 12.3 Å². The molecule has 128 valence electrons. The molecule has 0 unspecified atom stereocenters. The van der Waals surface area contributed by atoms with E-state index in [0.29, 0.717) is 18.4 Å². The van der Waals surface area contributed by atoms with Crippen LogP contribution >= 0.6 is 0 Å². The topological polar surface area (TPSA) is 93.5 Å². The Balaban J connectivity index is 1.56. The number of phenols is 3. The van der Waals surface area contributed by atoms with Crippen LogP contribution in [0.15, 0.2) is 48.7 Å². The van der Waals surface area contributed by atoms with E-state index in [4.69, 9.17) is 0 Å². The molecule has 0 spiro atoms. The maximum absolute atomic E-state index is 12.0. The Kier molecular flexibility index (Phi) is 4.75. The lowest BCUT2D eigenvalue weighted by Crippen LogP contribution is -1.94. The molecule has 0 aliphatic rings. The van der Waals surface area contributed by atoms with Crippen LogP contribution in [0.5, 0.6) is 17.2 Å². The average Bonchev–Trinajstić information content (AvgIpc) is 2.98. The van der Waals surface area contributed by atoms with E-state index in [1.165, 1.54) is 18.2 Å². The molecule has 4 N–H and O–H groups in total. The third kappa shape index (κ3) is 4.01. The summed E-state index contributed by atoms with van der Waals surface area (Å²) in [5.41, 5.74) is 2.69. The van der Waals surface area contributed by atoms with Gasteiger partial charge in [0, 0.05) is 23.5 Å². The normalized spacial score (nSPS) is 11.4. The fourth-order valence-corrected chi connectivity index (χ4v) is 2.74. The van der Waals surface area contributed by atoms with E-state index in [1.54, 1.807) is 24.3 Å². The highest BCUT2D eigenvalue weighted by atomic mass is 16.3. The van der Waals surface area contributed by atoms with Crippen LogP contribution in [0.3, 0.4) is 0 Å². The van der Waals surface area contributed by atoms with Crippen LogP contribution in [-0.4, -0.2) is 26.1 Å². The van der Waals surface area contributed by atoms with Gasteiger partial charge in [0.15, 0.2) is 17.3 Å². The van der Waals surface area contributed by atoms with Gasteiger partial charge in [0.25, 0.3) is 0 Å². The Morgan fingerprint density at radius 2 is 1.88 bits per heavy atom. The molecule has 3 rings (SSSR count). The van der Waals surface area contributed by atoms with Crippen molar-refractivity contribution >= 4 is 22.8 Å². The Bertz CT molecular complexity index is 940. The number of hydrogen-bond donors (Lipinski definition) is 4. The van der Waals surface area contributed by atoms with Crippen molar-refractivity contribution in [2.24, 2.45) is 0 Å². The molecule has 0 fully saturated rings. The summed E-state index contributed by atoms with van der Waals surface area (Å²) in [6.45, 7) is 0. The first kappa shape index (κ1) is 16.6. The second kappa shape index (κ2) is 7.13. The number of rotatable bonds is 6. The molecule has 0 radical (unpaired) electrons. The van der Waals surface area contributed by atoms with Crippen molar-refractivity contribution in [3.05, 3.63) is 59.8 Å². The van der Waals surface area contributed by atoms with Crippen LogP contribution in [0, 0.1) is 0 Å². The van der Waals surface area contributed by atoms with E-state index in [9.17, 15) is 20.1 Å². The van der Waals surface area contributed by atoms with Crippen molar-refractivity contribution in [2.45, 2.75) is 19.3 Å². The van der Waals surface area contributed by atoms with E-state index in [0.717, 1.165) is 22.9 Å². The number of H-pyrrole nitrogens is 1. The Labute approximate surface area is 144 Å². The number of phenolic OH excluding ortho intramolecular Hbond substituents is 3. The average molecular weight is 337 g/mol. The van der Waals surface area contributed by atoms with Crippen molar-refractivity contribution < 1.29 is 20.1 Å². The van der Waals surface area contributed by atoms with Gasteiger partial charge in [-0.25, -0.2) is 0 Å². The zero-order chi connectivity index (χ0) is 17.8. The molecule has 0 saturated carbocycles. The Morgan fingerprint density at radius 1 is 1.04 bits per heavy atom. The summed E-state index contributed by atoms with van der Waals surface area (Å²) in [5, 5.41) is 29.3. The molecule has 5 nitrogen and oxygen atoms in total. The zero-order valence-corrected chi connectivity index (χ0v) is 13.6. The van der Waals surface area contributed by atoms with Gasteiger partial charge in [-0.05, 0) is 60.4 Å². The first-order chi connectivity index (χ1) is 12.0. The Hall–Kier alpha value is -3.21. The second-order valence-corrected chi connectivity index (χ2v) is 5.95. The molecule has 1 aromatic heterocycles. The first-order valence-electron chi connectivity index (χ1n) is 8.05. The summed E-state index contributed by atoms with van der Waals surface area (Å²) in [4.78, 5) is 15.1. The van der Waals surface area contributed by atoms with E-state index in [-0.39, 0.29) is 23.0 Å². The summed E-state index contributed by atoms with van der Waals surface area (Å²) >= 11 is 0. The number of aromatic hydroxyl groups is 3. The van der Waals surface area contributed by atoms with Crippen molar-refractivity contribution in [3.63, 3.8) is 0 Å². The minimum Gasteiger partial charge on any atom is -0.508 e. The monoisotopic (exact) mass is 337 g/mol. The molecular weight excluding hydrogens is 318 g/mol. The number of nitrogens with one attached hydrogen (secondary N) is 1. The zero-order valence-electron chi connectivity index (χ0n) is 13.6. The fourth-order valence-electron chi connectivity index (χ4n) is 2.74. The number of hydrogen-bond acceptors (Lipinski definition) is 4. The lowest BCUT2D eigenvalue weighted by atomic mass is 10.0. The lowest BCUT2D eigenvalue weighted by Gasteiger charge is -2.00. The number of ketones is 1. The highest BCUT2D eigenvalue weighted by Crippen LogP contribution is 2.26. The third-order valence-electron chi connectivity index (χ3n) is 4.08. The van der Waals surface area contributed by atoms with Gasteiger partial charge in [-0.1, -0.05) is 12.1 Å². The number of fused-ring (bicyclic) bond motifs is 1. The summed E-state index contributed by atoms with van der Waals surface area (Å²) < 4.78 is 0. The number of carbonyl (C=O) groups is 1. The number of aromatic amines is 1. The summed E-state index contributed by atoms with van der Waals surface area (Å²) in [6.07, 6.45) is 6.85. The van der Waals surface area contributed by atoms with Crippen LogP contribution in [0.1, 0.15) is 24.0 Å². The maximum atomic E-state index is 12.0. The van der Waals surface area contributed by atoms with E-state index >= 15 is 0 Å². The summed E-state index contributed by atoms with van der Waals surface area (Å²) in [5.74, 6) is -0.176. The van der Waals surface area contributed by atoms with Crippen LogP contribution in [-0.2, 0) is 11.2 Å². The van der Waals surface area contributed by atoms with Crippen LogP contribution < -0.4 is 0 Å². The molecule has 25 heavy (non-hydrogen) atoms. The predicted molar refractivity (Wildman–Crippen MR) is 96.7 cm³/mol. The molecule has 0 bridgehead atoms. The van der Waals surface area contributed by atoms with Gasteiger partial charge in [-0.3, -0.25) is 4.79 Å². The minimum atomic E-state index is -0.211. The number of benzene rings is 2. The van der Waals surface area contributed by atoms with Gasteiger partial charge in [0.05, 0.1) is 0 Å². The fraction of sp³-hybridized carbons (Fsp3) is 0.150. The molecule has 2 aromatic carbocycles. The van der Waals surface area contributed by atoms with Crippen molar-refractivity contribution in [1.29, 1.82) is 0 Å². The number of allylic oxidation sites excluding steroid dienone is 1. The largest absolute Gasteiger partial charge is 0.508 e. The third-order valence-corrected chi connectivity index (χ3v) is 4.08. The predicted octanol–water partition coefficient (Wildman–Crippen LogP) is 3.89. The van der Waals surface area contributed by atoms with Gasteiger partial charge in [0.2, 0.25) is 0 Å². The SMILES string of the molecule is O=C(/C=C/c1ccc(O)c(O)c1)CCCc1c[nH]c2ccc(O)cc12. The van der Waals surface area contributed by atoms with E-state index in [2.05, 4.69) is 4.98 Å². The second-order valence-electron chi connectivity index (χ2n) is 5.95. The van der Waals surface area contributed by atoms with Gasteiger partial charge >= 0.3 is 0 Å². The molecule has 0 aliphatic carbocycles. The lowest BCUT2D eigenvalue weighted by molar-refractivity contribution is -0.114. The standard InChI is InChI=1S/C20H19NO4/c22-15(6-4-13-5-9-19(24)20(25)10-13)3-1-2-14-12-21-18-8-7-16(23)11-17(14)18/h4-12,21,23-25H,1-3H2/b6-4+. The molecule has 3 aromatic rings. The van der Waals surface area contributed by atoms with Crippen molar-refractivity contribution in [1.82, 2.24) is 4.98 Å². The van der Waals surface area contributed by atoms with Gasteiger partial charge in [0.1, 0.15) is 5.75 Å². The van der Waals surface area contributed by atoms with Crippen LogP contribution in [0.25, 0.3) is 17.0 Å². The molecule has 0 atom stereocenters. The maximum Gasteiger partial charge on any atom is 0.157 e. The van der Waals surface area contributed by atoms with Gasteiger partial charge in [-0.2, -0.15) is 0 Å². The van der Waals surface area contributed by atoms with E-state index < -0.39 is 0 Å². The number of carbonyl (C=O) groups excluding carboxylic acids is 1. The summed E-state index contributed by atoms with van der Waals surface area (Å²) in [7, 11) is 0. The smallest absolute Gasteiger partial charge is 0.157 e. The van der Waals surface area contributed by atoms with Crippen molar-refractivity contribution in [2.75, 3.05) is 0 Å². The first-order valence-corrected chi connectivity index (χ1v) is 8.05. The molecule has 0 aliphatic heterocycles. The van der Waals surface area contributed by atoms with Crippen molar-refractivity contribution in [3.8, 4) is 17.2 Å². The minimum absolute atomic E-state index is 0.00440. The van der Waals surface area contributed by atoms with Gasteiger partial charge < -0.3 is 20.3 Å². The number of aromatic nitrogens is 1. The molecule has 1 heterocycles. The van der Waals surface area contributed by atoms with Crippen LogP contribution in [0.4, 0.5) is 0 Å². The molecule has 0 saturated heterocycles. The van der Waals surface area contributed by atoms with Gasteiger partial charge in [-0.15, -0.1) is 0 Å². The molecule has 0 amide bonds. The van der Waals surface area contributed by atoms with Crippen LogP contribution in [0.2, 0.25) is 0 Å². The molecule has 5 heteroatoms.